The van der Waals surface area contributed by atoms with E-state index in [9.17, 15) is 4.79 Å². The van der Waals surface area contributed by atoms with Gasteiger partial charge in [0.2, 0.25) is 0 Å². The first kappa shape index (κ1) is 8.45. The maximum Gasteiger partial charge on any atom is 0.195 e. The van der Waals surface area contributed by atoms with Crippen LogP contribution in [-0.2, 0) is 0 Å². The zero-order valence-corrected chi connectivity index (χ0v) is 7.53. The first-order chi connectivity index (χ1) is 6.70. The average molecular weight is 185 g/mol. The molecule has 0 aliphatic heterocycles. The second kappa shape index (κ2) is 2.96. The van der Waals surface area contributed by atoms with E-state index in [4.69, 9.17) is 5.26 Å². The molecule has 0 aliphatic carbocycles. The summed E-state index contributed by atoms with van der Waals surface area (Å²) in [5.74, 6) is 0.217. The fraction of sp³-hybridized carbons (Fsp3) is 0.100. The summed E-state index contributed by atoms with van der Waals surface area (Å²) in [6.07, 6.45) is 0. The Morgan fingerprint density at radius 2 is 2.36 bits per heavy atom. The number of imidazole rings is 1. The van der Waals surface area contributed by atoms with Crippen molar-refractivity contribution in [3.63, 3.8) is 0 Å². The molecule has 1 aromatic heterocycles. The minimum absolute atomic E-state index is 0.111. The van der Waals surface area contributed by atoms with Gasteiger partial charge in [-0.1, -0.05) is 0 Å². The molecule has 68 valence electrons. The van der Waals surface area contributed by atoms with Crippen LogP contribution in [0.5, 0.6) is 0 Å². The molecule has 0 spiro atoms. The molecule has 0 saturated heterocycles. The summed E-state index contributed by atoms with van der Waals surface area (Å²) in [7, 11) is 0. The summed E-state index contributed by atoms with van der Waals surface area (Å²) in [5.41, 5.74) is 1.97. The van der Waals surface area contributed by atoms with Crippen molar-refractivity contribution in [3.8, 4) is 6.07 Å². The first-order valence-electron chi connectivity index (χ1n) is 4.11. The Morgan fingerprint density at radius 3 is 3.00 bits per heavy atom. The highest BCUT2D eigenvalue weighted by Crippen LogP contribution is 2.13. The molecule has 1 heterocycles. The van der Waals surface area contributed by atoms with Gasteiger partial charge in [0.1, 0.15) is 0 Å². The second-order valence-electron chi connectivity index (χ2n) is 2.99. The van der Waals surface area contributed by atoms with E-state index >= 15 is 0 Å². The summed E-state index contributed by atoms with van der Waals surface area (Å²) in [5, 5.41) is 8.66. The number of carbonyl (C=O) groups excluding carboxylic acids is 1. The average Bonchev–Trinajstić information content (AvgIpc) is 2.59. The van der Waals surface area contributed by atoms with Crippen molar-refractivity contribution in [2.75, 3.05) is 0 Å². The molecular weight excluding hydrogens is 178 g/mol. The first-order valence-corrected chi connectivity index (χ1v) is 4.11. The molecule has 0 amide bonds. The molecule has 0 saturated carbocycles. The van der Waals surface area contributed by atoms with Gasteiger partial charge in [0.15, 0.2) is 11.6 Å². The second-order valence-corrected chi connectivity index (χ2v) is 2.99. The van der Waals surface area contributed by atoms with E-state index in [0.29, 0.717) is 22.4 Å². The third-order valence-electron chi connectivity index (χ3n) is 1.94. The largest absolute Gasteiger partial charge is 0.335 e. The van der Waals surface area contributed by atoms with Crippen molar-refractivity contribution in [2.24, 2.45) is 0 Å². The molecule has 2 rings (SSSR count). The van der Waals surface area contributed by atoms with E-state index in [2.05, 4.69) is 9.97 Å². The molecule has 2 aromatic rings. The Balaban J connectivity index is 2.67. The maximum absolute atomic E-state index is 11.0. The number of benzene rings is 1. The van der Waals surface area contributed by atoms with Crippen LogP contribution in [0.4, 0.5) is 0 Å². The molecular formula is C10H7N3O. The molecule has 1 N–H and O–H groups in total. The molecule has 0 radical (unpaired) electrons. The number of carbonyl (C=O) groups is 1. The van der Waals surface area contributed by atoms with Gasteiger partial charge in [-0.05, 0) is 18.2 Å². The summed E-state index contributed by atoms with van der Waals surface area (Å²) in [4.78, 5) is 17.9. The number of hydrogen-bond donors (Lipinski definition) is 1. The van der Waals surface area contributed by atoms with Gasteiger partial charge in [0.05, 0.1) is 22.7 Å². The number of aromatic nitrogens is 2. The number of aromatic amines is 1. The normalized spacial score (nSPS) is 10.0. The van der Waals surface area contributed by atoms with Crippen molar-refractivity contribution in [1.82, 2.24) is 9.97 Å². The Kier molecular flexibility index (Phi) is 1.79. The van der Waals surface area contributed by atoms with Crippen molar-refractivity contribution in [1.29, 1.82) is 5.26 Å². The summed E-state index contributed by atoms with van der Waals surface area (Å²) < 4.78 is 0. The third-order valence-corrected chi connectivity index (χ3v) is 1.94. The molecule has 0 fully saturated rings. The highest BCUT2D eigenvalue weighted by atomic mass is 16.1. The number of fused-ring (bicyclic) bond motifs is 1. The lowest BCUT2D eigenvalue weighted by Gasteiger charge is -1.87. The number of rotatable bonds is 1. The fourth-order valence-electron chi connectivity index (χ4n) is 1.25. The Labute approximate surface area is 80.2 Å². The molecule has 0 aliphatic rings. The smallest absolute Gasteiger partial charge is 0.195 e. The molecule has 14 heavy (non-hydrogen) atoms. The third kappa shape index (κ3) is 1.25. The molecule has 4 nitrogen and oxygen atoms in total. The maximum atomic E-state index is 11.0. The van der Waals surface area contributed by atoms with Crippen LogP contribution in [0.2, 0.25) is 0 Å². The van der Waals surface area contributed by atoms with Crippen molar-refractivity contribution in [2.45, 2.75) is 6.92 Å². The van der Waals surface area contributed by atoms with Crippen LogP contribution in [0.3, 0.4) is 0 Å². The van der Waals surface area contributed by atoms with Crippen molar-refractivity contribution in [3.05, 3.63) is 29.6 Å². The SMILES string of the molecule is CC(=O)c1nc2ccc(C#N)cc2[nH]1. The van der Waals surface area contributed by atoms with Crippen molar-refractivity contribution >= 4 is 16.8 Å². The number of hydrogen-bond acceptors (Lipinski definition) is 3. The zero-order chi connectivity index (χ0) is 10.1. The van der Waals surface area contributed by atoms with Crippen LogP contribution in [0.15, 0.2) is 18.2 Å². The van der Waals surface area contributed by atoms with E-state index in [-0.39, 0.29) is 5.78 Å². The van der Waals surface area contributed by atoms with E-state index in [1.807, 2.05) is 6.07 Å². The van der Waals surface area contributed by atoms with Crippen LogP contribution in [0.1, 0.15) is 23.1 Å². The Bertz CT molecular complexity index is 548. The number of nitriles is 1. The highest BCUT2D eigenvalue weighted by molar-refractivity contribution is 5.94. The number of Topliss-reactive ketones (excluding diaryl/α,β-unsaturated/α-hetero) is 1. The molecule has 0 unspecified atom stereocenters. The van der Waals surface area contributed by atoms with E-state index in [1.54, 1.807) is 18.2 Å². The van der Waals surface area contributed by atoms with Gasteiger partial charge >= 0.3 is 0 Å². The standard InChI is InChI=1S/C10H7N3O/c1-6(14)10-12-8-3-2-7(5-11)4-9(8)13-10/h2-4H,1H3,(H,12,13). The minimum atomic E-state index is -0.111. The molecule has 0 bridgehead atoms. The highest BCUT2D eigenvalue weighted by Gasteiger charge is 2.06. The van der Waals surface area contributed by atoms with Gasteiger partial charge in [-0.2, -0.15) is 5.26 Å². The van der Waals surface area contributed by atoms with Crippen LogP contribution in [0, 0.1) is 11.3 Å². The molecule has 1 aromatic carbocycles. The van der Waals surface area contributed by atoms with Crippen LogP contribution < -0.4 is 0 Å². The lowest BCUT2D eigenvalue weighted by Crippen LogP contribution is -1.93. The predicted molar refractivity (Wildman–Crippen MR) is 50.8 cm³/mol. The van der Waals surface area contributed by atoms with Crippen LogP contribution >= 0.6 is 0 Å². The number of ketones is 1. The lowest BCUT2D eigenvalue weighted by molar-refractivity contribution is 0.100. The zero-order valence-electron chi connectivity index (χ0n) is 7.53. The van der Waals surface area contributed by atoms with E-state index in [0.717, 1.165) is 0 Å². The monoisotopic (exact) mass is 185 g/mol. The summed E-state index contributed by atoms with van der Waals surface area (Å²) in [6, 6.07) is 7.09. The summed E-state index contributed by atoms with van der Waals surface area (Å²) >= 11 is 0. The quantitative estimate of drug-likeness (QED) is 0.686. The molecule has 4 heteroatoms. The van der Waals surface area contributed by atoms with Crippen LogP contribution in [0.25, 0.3) is 11.0 Å². The van der Waals surface area contributed by atoms with Gasteiger partial charge in [0.25, 0.3) is 0 Å². The van der Waals surface area contributed by atoms with Gasteiger partial charge in [-0.25, -0.2) is 4.98 Å². The topological polar surface area (TPSA) is 69.5 Å². The van der Waals surface area contributed by atoms with E-state index in [1.165, 1.54) is 6.92 Å². The molecule has 0 atom stereocenters. The van der Waals surface area contributed by atoms with Gasteiger partial charge < -0.3 is 4.98 Å². The number of nitrogens with zero attached hydrogens (tertiary/aromatic N) is 2. The predicted octanol–water partition coefficient (Wildman–Crippen LogP) is 1.64. The number of H-pyrrole nitrogens is 1. The fourth-order valence-corrected chi connectivity index (χ4v) is 1.25. The van der Waals surface area contributed by atoms with Gasteiger partial charge in [0, 0.05) is 6.92 Å². The van der Waals surface area contributed by atoms with Crippen LogP contribution in [-0.4, -0.2) is 15.8 Å². The van der Waals surface area contributed by atoms with Gasteiger partial charge in [-0.15, -0.1) is 0 Å². The lowest BCUT2D eigenvalue weighted by atomic mass is 10.2. The van der Waals surface area contributed by atoms with Crippen molar-refractivity contribution < 1.29 is 4.79 Å². The summed E-state index contributed by atoms with van der Waals surface area (Å²) in [6.45, 7) is 1.45. The minimum Gasteiger partial charge on any atom is -0.335 e. The number of nitrogens with one attached hydrogen (secondary N) is 1. The van der Waals surface area contributed by atoms with Gasteiger partial charge in [-0.3, -0.25) is 4.79 Å². The van der Waals surface area contributed by atoms with E-state index < -0.39 is 0 Å². The Hall–Kier alpha value is -2.15. The Morgan fingerprint density at radius 1 is 1.57 bits per heavy atom.